The maximum atomic E-state index is 12.8. The van der Waals surface area contributed by atoms with E-state index in [9.17, 15) is 18.0 Å². The van der Waals surface area contributed by atoms with Crippen molar-refractivity contribution in [2.45, 2.75) is 31.5 Å². The van der Waals surface area contributed by atoms with Crippen molar-refractivity contribution in [1.82, 2.24) is 9.88 Å². The largest absolute Gasteiger partial charge is 0.433 e. The summed E-state index contributed by atoms with van der Waals surface area (Å²) in [5, 5.41) is 0. The second kappa shape index (κ2) is 5.58. The molecule has 0 radical (unpaired) electrons. The van der Waals surface area contributed by atoms with Gasteiger partial charge in [0.15, 0.2) is 0 Å². The number of aromatic nitrogens is 1. The molecular weight excluding hydrogens is 329 g/mol. The molecule has 0 bridgehead atoms. The minimum Gasteiger partial charge on any atom is -0.338 e. The summed E-state index contributed by atoms with van der Waals surface area (Å²) in [7, 11) is 0. The summed E-state index contributed by atoms with van der Waals surface area (Å²) in [5.41, 5.74) is 0.481. The first-order valence-electron chi connectivity index (χ1n) is 8.27. The molecule has 2 fully saturated rings. The van der Waals surface area contributed by atoms with E-state index in [1.54, 1.807) is 0 Å². The van der Waals surface area contributed by atoms with Crippen LogP contribution in [0.5, 0.6) is 0 Å². The third-order valence-corrected chi connectivity index (χ3v) is 5.31. The number of pyridine rings is 1. The highest BCUT2D eigenvalue weighted by molar-refractivity contribution is 5.89. The molecule has 6 heteroatoms. The van der Waals surface area contributed by atoms with Crippen molar-refractivity contribution in [1.29, 1.82) is 0 Å². The van der Waals surface area contributed by atoms with E-state index in [4.69, 9.17) is 0 Å². The fraction of sp³-hybridized carbons (Fsp3) is 0.368. The molecule has 1 aromatic carbocycles. The van der Waals surface area contributed by atoms with Crippen molar-refractivity contribution >= 4 is 5.91 Å². The average Bonchev–Trinajstić information content (AvgIpc) is 3.26. The lowest BCUT2D eigenvalue weighted by Gasteiger charge is -2.17. The van der Waals surface area contributed by atoms with Crippen LogP contribution in [0.4, 0.5) is 13.2 Å². The first kappa shape index (κ1) is 16.1. The molecule has 1 amide bonds. The van der Waals surface area contributed by atoms with Gasteiger partial charge in [-0.3, -0.25) is 9.78 Å². The van der Waals surface area contributed by atoms with Gasteiger partial charge in [0.2, 0.25) is 5.91 Å². The lowest BCUT2D eigenvalue weighted by molar-refractivity contribution is -0.141. The standard InChI is InChI=1S/C19H17F3N2O/c20-19(21,22)16-7-6-14(11-23-16)15-10-18(15)8-9-24(17(18)25)12-13-4-2-1-3-5-13/h1-7,11,15H,8-10,12H2/t15?,18-/m1/s1. The molecule has 2 heterocycles. The zero-order chi connectivity index (χ0) is 17.7. The van der Waals surface area contributed by atoms with Gasteiger partial charge in [0, 0.05) is 25.2 Å². The number of alkyl halides is 3. The van der Waals surface area contributed by atoms with E-state index in [1.165, 1.54) is 12.3 Å². The summed E-state index contributed by atoms with van der Waals surface area (Å²) >= 11 is 0. The quantitative estimate of drug-likeness (QED) is 0.841. The van der Waals surface area contributed by atoms with E-state index >= 15 is 0 Å². The lowest BCUT2D eigenvalue weighted by atomic mass is 9.98. The van der Waals surface area contributed by atoms with Gasteiger partial charge in [-0.2, -0.15) is 13.2 Å². The Bertz CT molecular complexity index is 789. The fourth-order valence-corrected chi connectivity index (χ4v) is 3.85. The molecule has 1 spiro atoms. The molecular formula is C19H17F3N2O. The zero-order valence-electron chi connectivity index (χ0n) is 13.5. The van der Waals surface area contributed by atoms with Crippen molar-refractivity contribution in [3.63, 3.8) is 0 Å². The Balaban J connectivity index is 1.47. The Morgan fingerprint density at radius 1 is 1.16 bits per heavy atom. The van der Waals surface area contributed by atoms with E-state index < -0.39 is 17.3 Å². The van der Waals surface area contributed by atoms with Crippen molar-refractivity contribution in [3.8, 4) is 0 Å². The normalized spacial score (nSPS) is 25.6. The zero-order valence-corrected chi connectivity index (χ0v) is 13.5. The molecule has 1 aliphatic carbocycles. The molecule has 3 nitrogen and oxygen atoms in total. The number of nitrogens with zero attached hydrogens (tertiary/aromatic N) is 2. The molecule has 2 aromatic rings. The Hall–Kier alpha value is -2.37. The first-order valence-corrected chi connectivity index (χ1v) is 8.27. The van der Waals surface area contributed by atoms with Crippen molar-refractivity contribution in [2.24, 2.45) is 5.41 Å². The molecule has 1 saturated carbocycles. The van der Waals surface area contributed by atoms with Gasteiger partial charge in [-0.25, -0.2) is 0 Å². The summed E-state index contributed by atoms with van der Waals surface area (Å²) in [5.74, 6) is 0.0943. The number of likely N-dealkylation sites (tertiary alicyclic amines) is 1. The third-order valence-electron chi connectivity index (χ3n) is 5.31. The highest BCUT2D eigenvalue weighted by Crippen LogP contribution is 2.64. The molecule has 130 valence electrons. The van der Waals surface area contributed by atoms with Gasteiger partial charge in [0.05, 0.1) is 5.41 Å². The van der Waals surface area contributed by atoms with Gasteiger partial charge in [-0.15, -0.1) is 0 Å². The van der Waals surface area contributed by atoms with Crippen LogP contribution in [0, 0.1) is 5.41 Å². The summed E-state index contributed by atoms with van der Waals surface area (Å²) in [6, 6.07) is 12.3. The maximum absolute atomic E-state index is 12.8. The van der Waals surface area contributed by atoms with Crippen LogP contribution < -0.4 is 0 Å². The second-order valence-corrected chi connectivity index (χ2v) is 6.85. The molecule has 4 rings (SSSR count). The SMILES string of the molecule is O=C1N(Cc2ccccc2)CC[C@]12CC2c1ccc(C(F)(F)F)nc1. The smallest absolute Gasteiger partial charge is 0.338 e. The van der Waals surface area contributed by atoms with Crippen LogP contribution in [0.15, 0.2) is 48.7 Å². The molecule has 1 unspecified atom stereocenters. The number of carbonyl (C=O) groups is 1. The van der Waals surface area contributed by atoms with E-state index in [-0.39, 0.29) is 11.8 Å². The second-order valence-electron chi connectivity index (χ2n) is 6.85. The Morgan fingerprint density at radius 3 is 2.56 bits per heavy atom. The fourth-order valence-electron chi connectivity index (χ4n) is 3.85. The predicted molar refractivity (Wildman–Crippen MR) is 85.5 cm³/mol. The first-order chi connectivity index (χ1) is 11.9. The van der Waals surface area contributed by atoms with Crippen molar-refractivity contribution in [2.75, 3.05) is 6.54 Å². The lowest BCUT2D eigenvalue weighted by Crippen LogP contribution is -2.28. The van der Waals surface area contributed by atoms with Crippen LogP contribution in [0.1, 0.15) is 35.6 Å². The van der Waals surface area contributed by atoms with Gasteiger partial charge in [0.1, 0.15) is 5.69 Å². The Labute approximate surface area is 143 Å². The van der Waals surface area contributed by atoms with E-state index in [0.717, 1.165) is 23.6 Å². The Kier molecular flexibility index (Phi) is 3.60. The molecule has 2 atom stereocenters. The molecule has 1 saturated heterocycles. The number of hydrogen-bond acceptors (Lipinski definition) is 2. The van der Waals surface area contributed by atoms with Gasteiger partial charge < -0.3 is 4.90 Å². The average molecular weight is 346 g/mol. The van der Waals surface area contributed by atoms with Crippen molar-refractivity contribution < 1.29 is 18.0 Å². The minimum absolute atomic E-state index is 0.0180. The minimum atomic E-state index is -4.44. The number of benzene rings is 1. The van der Waals surface area contributed by atoms with Crippen LogP contribution in [0.3, 0.4) is 0 Å². The van der Waals surface area contributed by atoms with Crippen LogP contribution >= 0.6 is 0 Å². The summed E-state index contributed by atoms with van der Waals surface area (Å²) in [6.07, 6.45) is -1.71. The molecule has 0 N–H and O–H groups in total. The predicted octanol–water partition coefficient (Wildman–Crippen LogP) is 4.01. The monoisotopic (exact) mass is 346 g/mol. The topological polar surface area (TPSA) is 33.2 Å². The highest BCUT2D eigenvalue weighted by atomic mass is 19.4. The van der Waals surface area contributed by atoms with Gasteiger partial charge in [0.25, 0.3) is 0 Å². The van der Waals surface area contributed by atoms with Crippen LogP contribution in [-0.2, 0) is 17.5 Å². The number of rotatable bonds is 3. The van der Waals surface area contributed by atoms with Crippen LogP contribution in [-0.4, -0.2) is 22.3 Å². The van der Waals surface area contributed by atoms with E-state index in [1.807, 2.05) is 35.2 Å². The van der Waals surface area contributed by atoms with Crippen LogP contribution in [0.2, 0.25) is 0 Å². The maximum Gasteiger partial charge on any atom is 0.433 e. The molecule has 1 aliphatic heterocycles. The number of hydrogen-bond donors (Lipinski definition) is 0. The number of halogens is 3. The molecule has 25 heavy (non-hydrogen) atoms. The van der Waals surface area contributed by atoms with Crippen molar-refractivity contribution in [3.05, 3.63) is 65.5 Å². The highest BCUT2D eigenvalue weighted by Gasteiger charge is 2.64. The summed E-state index contributed by atoms with van der Waals surface area (Å²) in [6.45, 7) is 1.28. The van der Waals surface area contributed by atoms with Gasteiger partial charge in [-0.05, 0) is 30.0 Å². The number of carbonyl (C=O) groups excluding carboxylic acids is 1. The number of amides is 1. The van der Waals surface area contributed by atoms with Crippen LogP contribution in [0.25, 0.3) is 0 Å². The Morgan fingerprint density at radius 2 is 1.92 bits per heavy atom. The molecule has 1 aromatic heterocycles. The summed E-state index contributed by atoms with van der Waals surface area (Å²) < 4.78 is 37.9. The molecule has 2 aliphatic rings. The summed E-state index contributed by atoms with van der Waals surface area (Å²) in [4.78, 5) is 18.2. The van der Waals surface area contributed by atoms with E-state index in [2.05, 4.69) is 4.98 Å². The van der Waals surface area contributed by atoms with E-state index in [0.29, 0.717) is 19.5 Å². The third kappa shape index (κ3) is 2.79. The van der Waals surface area contributed by atoms with Gasteiger partial charge in [-0.1, -0.05) is 36.4 Å². The van der Waals surface area contributed by atoms with Gasteiger partial charge >= 0.3 is 6.18 Å².